The van der Waals surface area contributed by atoms with Gasteiger partial charge in [-0.2, -0.15) is 0 Å². The lowest BCUT2D eigenvalue weighted by atomic mass is 9.82. The van der Waals surface area contributed by atoms with Crippen LogP contribution in [0.5, 0.6) is 0 Å². The lowest BCUT2D eigenvalue weighted by Gasteiger charge is -2.36. The number of fused-ring (bicyclic) bond motifs is 3. The van der Waals surface area contributed by atoms with E-state index in [-0.39, 0.29) is 37.3 Å². The molecule has 4 N–H and O–H groups in total. The van der Waals surface area contributed by atoms with Crippen LogP contribution < -0.4 is 10.2 Å². The Kier molecular flexibility index (Phi) is 7.84. The van der Waals surface area contributed by atoms with Crippen molar-refractivity contribution in [2.45, 2.75) is 44.4 Å². The molecule has 2 aliphatic rings. The predicted octanol–water partition coefficient (Wildman–Crippen LogP) is 4.04. The third-order valence-corrected chi connectivity index (χ3v) is 8.97. The topological polar surface area (TPSA) is 126 Å². The minimum atomic E-state index is -1.88. The number of aromatic nitrogens is 1. The molecule has 0 unspecified atom stereocenters. The summed E-state index contributed by atoms with van der Waals surface area (Å²) in [6, 6.07) is 20.5. The monoisotopic (exact) mass is 592 g/mol. The van der Waals surface area contributed by atoms with E-state index in [1.807, 2.05) is 54.7 Å². The van der Waals surface area contributed by atoms with Crippen LogP contribution in [-0.4, -0.2) is 57.5 Å². The molecule has 226 valence electrons. The summed E-state index contributed by atoms with van der Waals surface area (Å²) in [4.78, 5) is 45.8. The molecule has 9 heteroatoms. The molecule has 0 saturated heterocycles. The molecule has 0 bridgehead atoms. The summed E-state index contributed by atoms with van der Waals surface area (Å²) in [6.45, 7) is 2.04. The molecule has 0 fully saturated rings. The molecule has 1 aromatic heterocycles. The van der Waals surface area contributed by atoms with E-state index in [9.17, 15) is 24.6 Å². The van der Waals surface area contributed by atoms with Gasteiger partial charge in [0.05, 0.1) is 24.8 Å². The predicted molar refractivity (Wildman–Crippen MR) is 169 cm³/mol. The van der Waals surface area contributed by atoms with Crippen molar-refractivity contribution in [2.75, 3.05) is 23.9 Å². The number of para-hydroxylation sites is 1. The Bertz CT molecular complexity index is 1780. The first kappa shape index (κ1) is 29.3. The van der Waals surface area contributed by atoms with E-state index < -0.39 is 17.4 Å². The van der Waals surface area contributed by atoms with Crippen molar-refractivity contribution in [2.24, 2.45) is 5.92 Å². The Labute approximate surface area is 255 Å². The number of anilines is 2. The number of rotatable bonds is 8. The number of nitrogens with zero attached hydrogens (tertiary/aromatic N) is 2. The maximum absolute atomic E-state index is 13.4. The number of hydrogen-bond acceptors (Lipinski definition) is 5. The van der Waals surface area contributed by atoms with Gasteiger partial charge in [-0.15, -0.1) is 0 Å². The normalized spacial score (nSPS) is 20.2. The van der Waals surface area contributed by atoms with Gasteiger partial charge in [0.1, 0.15) is 0 Å². The highest BCUT2D eigenvalue weighted by Gasteiger charge is 2.51. The van der Waals surface area contributed by atoms with Crippen LogP contribution in [0.15, 0.2) is 85.1 Å². The minimum absolute atomic E-state index is 0.0694. The van der Waals surface area contributed by atoms with Crippen LogP contribution in [0.2, 0.25) is 0 Å². The van der Waals surface area contributed by atoms with Crippen molar-refractivity contribution < 1.29 is 24.6 Å². The summed E-state index contributed by atoms with van der Waals surface area (Å²) >= 11 is 0. The number of nitrogens with one attached hydrogen (secondary N) is 2. The molecule has 3 aromatic carbocycles. The maximum Gasteiger partial charge on any atom is 0.264 e. The lowest BCUT2D eigenvalue weighted by molar-refractivity contribution is -0.139. The number of aliphatic hydroxyl groups excluding tert-OH is 1. The molecule has 4 aromatic rings. The summed E-state index contributed by atoms with van der Waals surface area (Å²) in [7, 11) is 1.61. The van der Waals surface area contributed by atoms with Crippen molar-refractivity contribution in [1.29, 1.82) is 0 Å². The van der Waals surface area contributed by atoms with E-state index >= 15 is 0 Å². The van der Waals surface area contributed by atoms with Gasteiger partial charge in [-0.05, 0) is 47.4 Å². The van der Waals surface area contributed by atoms with E-state index in [1.165, 1.54) is 4.90 Å². The Hall–Kier alpha value is -4.73. The largest absolute Gasteiger partial charge is 0.394 e. The van der Waals surface area contributed by atoms with Gasteiger partial charge in [0.2, 0.25) is 11.8 Å². The molecule has 0 spiro atoms. The SMILES string of the molecule is C[C@@H](/C=C/CC(=O)N1Cc2ccccc2C[C@H]1CO)[C@]1(O)C(=O)N(C)c2ccc(NC(=O)Cc3c[nH]c4ccccc34)cc21. The quantitative estimate of drug-likeness (QED) is 0.230. The van der Waals surface area contributed by atoms with Crippen molar-refractivity contribution in [3.8, 4) is 0 Å². The molecule has 9 nitrogen and oxygen atoms in total. The van der Waals surface area contributed by atoms with Crippen LogP contribution >= 0.6 is 0 Å². The van der Waals surface area contributed by atoms with Crippen molar-refractivity contribution in [1.82, 2.24) is 9.88 Å². The smallest absolute Gasteiger partial charge is 0.264 e. The van der Waals surface area contributed by atoms with E-state index in [1.54, 1.807) is 49.2 Å². The second-order valence-corrected chi connectivity index (χ2v) is 11.7. The number of H-pyrrole nitrogens is 1. The number of likely N-dealkylation sites (N-methyl/N-ethyl adjacent to an activating group) is 1. The van der Waals surface area contributed by atoms with Gasteiger partial charge in [-0.1, -0.05) is 61.5 Å². The fourth-order valence-electron chi connectivity index (χ4n) is 6.46. The third-order valence-electron chi connectivity index (χ3n) is 8.97. The van der Waals surface area contributed by atoms with E-state index in [0.717, 1.165) is 27.6 Å². The van der Waals surface area contributed by atoms with Gasteiger partial charge in [0.15, 0.2) is 5.60 Å². The number of carbonyl (C=O) groups is 3. The fourth-order valence-corrected chi connectivity index (χ4v) is 6.46. The highest BCUT2D eigenvalue weighted by Crippen LogP contribution is 2.45. The van der Waals surface area contributed by atoms with Crippen LogP contribution in [0.4, 0.5) is 11.4 Å². The first-order valence-corrected chi connectivity index (χ1v) is 14.8. The lowest BCUT2D eigenvalue weighted by Crippen LogP contribution is -2.46. The van der Waals surface area contributed by atoms with Gasteiger partial charge in [-0.3, -0.25) is 14.4 Å². The Balaban J connectivity index is 1.16. The first-order valence-electron chi connectivity index (χ1n) is 14.8. The molecule has 2 aliphatic heterocycles. The second kappa shape index (κ2) is 11.7. The van der Waals surface area contributed by atoms with Crippen molar-refractivity contribution >= 4 is 40.0 Å². The Morgan fingerprint density at radius 3 is 2.66 bits per heavy atom. The second-order valence-electron chi connectivity index (χ2n) is 11.7. The van der Waals surface area contributed by atoms with Gasteiger partial charge in [0.25, 0.3) is 5.91 Å². The first-order chi connectivity index (χ1) is 21.2. The highest BCUT2D eigenvalue weighted by atomic mass is 16.3. The zero-order valence-electron chi connectivity index (χ0n) is 24.8. The average molecular weight is 593 g/mol. The molecule has 6 rings (SSSR count). The number of hydrogen-bond donors (Lipinski definition) is 4. The summed E-state index contributed by atoms with van der Waals surface area (Å²) < 4.78 is 0. The van der Waals surface area contributed by atoms with E-state index in [4.69, 9.17) is 0 Å². The van der Waals surface area contributed by atoms with Gasteiger partial charge in [-0.25, -0.2) is 0 Å². The van der Waals surface area contributed by atoms with Gasteiger partial charge >= 0.3 is 0 Å². The number of benzene rings is 3. The summed E-state index contributed by atoms with van der Waals surface area (Å²) in [5.41, 5.74) is 3.58. The molecule has 3 atom stereocenters. The van der Waals surface area contributed by atoms with Crippen molar-refractivity contribution in [3.63, 3.8) is 0 Å². The Morgan fingerprint density at radius 2 is 1.86 bits per heavy atom. The van der Waals surface area contributed by atoms with Crippen molar-refractivity contribution in [3.05, 3.63) is 107 Å². The molecular weight excluding hydrogens is 556 g/mol. The number of aliphatic hydroxyl groups is 2. The van der Waals surface area contributed by atoms with Crippen LogP contribution in [0.1, 0.15) is 35.6 Å². The van der Waals surface area contributed by atoms with Gasteiger partial charge in [0, 0.05) is 54.3 Å². The van der Waals surface area contributed by atoms with E-state index in [0.29, 0.717) is 29.9 Å². The number of amides is 3. The van der Waals surface area contributed by atoms with Crippen LogP contribution in [0.25, 0.3) is 10.9 Å². The van der Waals surface area contributed by atoms with Crippen LogP contribution in [0.3, 0.4) is 0 Å². The average Bonchev–Trinajstić information content (AvgIpc) is 3.52. The third kappa shape index (κ3) is 5.18. The fraction of sp³-hybridized carbons (Fsp3) is 0.286. The minimum Gasteiger partial charge on any atom is -0.394 e. The molecule has 0 radical (unpaired) electrons. The zero-order valence-corrected chi connectivity index (χ0v) is 24.8. The summed E-state index contributed by atoms with van der Waals surface area (Å²) in [5, 5.41) is 25.7. The summed E-state index contributed by atoms with van der Waals surface area (Å²) in [5.74, 6) is -1.50. The van der Waals surface area contributed by atoms with Gasteiger partial charge < -0.3 is 30.3 Å². The van der Waals surface area contributed by atoms with Crippen LogP contribution in [-0.2, 0) is 39.4 Å². The number of carbonyl (C=O) groups excluding carboxylic acids is 3. The zero-order chi connectivity index (χ0) is 31.0. The molecule has 0 saturated carbocycles. The Morgan fingerprint density at radius 1 is 1.11 bits per heavy atom. The molecule has 0 aliphatic carbocycles. The maximum atomic E-state index is 13.4. The molecule has 3 amide bonds. The van der Waals surface area contributed by atoms with E-state index in [2.05, 4.69) is 10.3 Å². The molecular formula is C35H36N4O5. The molecule has 3 heterocycles. The number of aromatic amines is 1. The summed E-state index contributed by atoms with van der Waals surface area (Å²) in [6.07, 6.45) is 6.02. The highest BCUT2D eigenvalue weighted by molar-refractivity contribution is 6.07. The van der Waals surface area contributed by atoms with Crippen LogP contribution in [0, 0.1) is 5.92 Å². The standard InChI is InChI=1S/C35H36N4O5/c1-22(8-7-13-33(42)39-20-24-10-4-3-9-23(24)16-27(39)21-40)35(44)29-18-26(14-15-31(29)38(2)34(35)43)37-32(41)17-25-19-36-30-12-6-5-11-28(25)30/h3-12,14-15,18-19,22,27,36,40,44H,13,16-17,20-21H2,1-2H3,(H,37,41)/b8-7+/t22-,27-,35+/m0/s1. The molecule has 44 heavy (non-hydrogen) atoms.